The molecule has 2 aliphatic rings. The third-order valence-corrected chi connectivity index (χ3v) is 6.49. The Labute approximate surface area is 169 Å². The zero-order valence-electron chi connectivity index (χ0n) is 13.6. The number of hydrogen-bond acceptors (Lipinski definition) is 4. The Bertz CT molecular complexity index is 1000. The van der Waals surface area contributed by atoms with Crippen LogP contribution in [0.25, 0.3) is 0 Å². The average molecular weight is 446 g/mol. The van der Waals surface area contributed by atoms with Crippen LogP contribution in [0.5, 0.6) is 5.75 Å². The molecule has 0 spiro atoms. The van der Waals surface area contributed by atoms with Crippen LogP contribution in [0.2, 0.25) is 5.02 Å². The Morgan fingerprint density at radius 3 is 2.81 bits per heavy atom. The predicted molar refractivity (Wildman–Crippen MR) is 109 cm³/mol. The van der Waals surface area contributed by atoms with Crippen LogP contribution in [0, 0.1) is 0 Å². The summed E-state index contributed by atoms with van der Waals surface area (Å²) in [4.78, 5) is 1.20. The van der Waals surface area contributed by atoms with E-state index in [-0.39, 0.29) is 12.3 Å². The van der Waals surface area contributed by atoms with Crippen molar-refractivity contribution in [1.29, 1.82) is 0 Å². The second kappa shape index (κ2) is 6.41. The molecule has 2 aliphatic heterocycles. The van der Waals surface area contributed by atoms with Crippen molar-refractivity contribution in [2.75, 3.05) is 0 Å². The van der Waals surface area contributed by atoms with Crippen molar-refractivity contribution in [3.8, 4) is 5.75 Å². The van der Waals surface area contributed by atoms with Crippen LogP contribution in [0.3, 0.4) is 0 Å². The highest BCUT2D eigenvalue weighted by atomic mass is 79.9. The fraction of sp³-hybridized carbons (Fsp3) is 0.150. The van der Waals surface area contributed by atoms with Crippen molar-refractivity contribution in [2.45, 2.75) is 18.7 Å². The Morgan fingerprint density at radius 1 is 1.12 bits per heavy atom. The minimum absolute atomic E-state index is 0.134. The van der Waals surface area contributed by atoms with Crippen molar-refractivity contribution < 1.29 is 4.74 Å². The normalized spacial score (nSPS) is 21.0. The van der Waals surface area contributed by atoms with E-state index in [0.29, 0.717) is 5.02 Å². The van der Waals surface area contributed by atoms with E-state index < -0.39 is 0 Å². The molecular formula is C20H14BrClN2OS. The summed E-state index contributed by atoms with van der Waals surface area (Å²) in [7, 11) is 0. The summed E-state index contributed by atoms with van der Waals surface area (Å²) in [6.07, 6.45) is 0.522. The van der Waals surface area contributed by atoms with Gasteiger partial charge in [-0.15, -0.1) is 11.3 Å². The molecule has 0 radical (unpaired) electrons. The molecule has 0 aliphatic carbocycles. The molecule has 5 rings (SSSR count). The molecule has 1 aromatic heterocycles. The monoisotopic (exact) mass is 444 g/mol. The van der Waals surface area contributed by atoms with Crippen molar-refractivity contribution >= 4 is 44.6 Å². The molecule has 130 valence electrons. The van der Waals surface area contributed by atoms with Gasteiger partial charge in [-0.1, -0.05) is 51.8 Å². The van der Waals surface area contributed by atoms with Crippen LogP contribution in [0.4, 0.5) is 0 Å². The zero-order valence-corrected chi connectivity index (χ0v) is 16.8. The van der Waals surface area contributed by atoms with Gasteiger partial charge in [0.1, 0.15) is 5.75 Å². The lowest BCUT2D eigenvalue weighted by Crippen LogP contribution is -2.33. The third-order valence-electron chi connectivity index (χ3n) is 4.73. The van der Waals surface area contributed by atoms with E-state index in [0.717, 1.165) is 33.5 Å². The van der Waals surface area contributed by atoms with Gasteiger partial charge in [0.2, 0.25) is 6.23 Å². The smallest absolute Gasteiger partial charge is 0.215 e. The van der Waals surface area contributed by atoms with Gasteiger partial charge in [-0.25, -0.2) is 5.01 Å². The Morgan fingerprint density at radius 2 is 2.00 bits per heavy atom. The van der Waals surface area contributed by atoms with Gasteiger partial charge in [-0.05, 0) is 35.7 Å². The van der Waals surface area contributed by atoms with Crippen LogP contribution in [-0.4, -0.2) is 10.7 Å². The first kappa shape index (κ1) is 16.4. The standard InChI is InChI=1S/C20H14BrClN2OS/c21-12-7-8-18-14(10-12)17-11-16(19-6-3-9-26-19)23-24(17)20(25-18)13-4-1-2-5-15(13)22/h1-10,17,20H,11H2/t17-,20+/m1/s1. The van der Waals surface area contributed by atoms with Gasteiger partial charge >= 0.3 is 0 Å². The molecule has 0 saturated heterocycles. The van der Waals surface area contributed by atoms with Gasteiger partial charge < -0.3 is 4.74 Å². The van der Waals surface area contributed by atoms with Crippen LogP contribution >= 0.6 is 38.9 Å². The second-order valence-corrected chi connectivity index (χ2v) is 8.57. The third kappa shape index (κ3) is 2.66. The number of ether oxygens (including phenoxy) is 1. The first-order chi connectivity index (χ1) is 12.7. The van der Waals surface area contributed by atoms with E-state index in [2.05, 4.69) is 44.5 Å². The molecule has 3 heterocycles. The van der Waals surface area contributed by atoms with Gasteiger partial charge in [0.15, 0.2) is 0 Å². The van der Waals surface area contributed by atoms with Crippen LogP contribution < -0.4 is 4.74 Å². The van der Waals surface area contributed by atoms with Gasteiger partial charge in [-0.2, -0.15) is 5.10 Å². The van der Waals surface area contributed by atoms with Crippen molar-refractivity contribution in [1.82, 2.24) is 5.01 Å². The Balaban J connectivity index is 1.64. The van der Waals surface area contributed by atoms with Crippen molar-refractivity contribution in [2.24, 2.45) is 5.10 Å². The number of hydrogen-bond donors (Lipinski definition) is 0. The summed E-state index contributed by atoms with van der Waals surface area (Å²) < 4.78 is 7.39. The molecule has 6 heteroatoms. The molecule has 0 bridgehead atoms. The number of thiophene rings is 1. The zero-order chi connectivity index (χ0) is 17.7. The molecule has 0 saturated carbocycles. The summed E-state index contributed by atoms with van der Waals surface area (Å²) in [6.45, 7) is 0. The van der Waals surface area contributed by atoms with E-state index >= 15 is 0 Å². The SMILES string of the molecule is Clc1ccccc1[C@@H]1Oc2ccc(Br)cc2[C@H]2CC(c3cccs3)=NN21. The largest absolute Gasteiger partial charge is 0.464 e. The maximum atomic E-state index is 6.48. The minimum atomic E-state index is -0.333. The van der Waals surface area contributed by atoms with E-state index in [4.69, 9.17) is 21.4 Å². The molecule has 26 heavy (non-hydrogen) atoms. The van der Waals surface area contributed by atoms with E-state index in [1.54, 1.807) is 11.3 Å². The van der Waals surface area contributed by atoms with E-state index in [1.165, 1.54) is 4.88 Å². The number of benzene rings is 2. The number of halogens is 2. The summed E-state index contributed by atoms with van der Waals surface area (Å²) in [5.41, 5.74) is 3.18. The summed E-state index contributed by atoms with van der Waals surface area (Å²) >= 11 is 11.8. The Kier molecular flexibility index (Phi) is 4.03. The van der Waals surface area contributed by atoms with Gasteiger partial charge in [0.05, 0.1) is 16.6 Å². The predicted octanol–water partition coefficient (Wildman–Crippen LogP) is 6.41. The lowest BCUT2D eigenvalue weighted by molar-refractivity contribution is -0.0190. The van der Waals surface area contributed by atoms with Crippen LogP contribution in [0.1, 0.15) is 34.7 Å². The van der Waals surface area contributed by atoms with Crippen LogP contribution in [-0.2, 0) is 0 Å². The second-order valence-electron chi connectivity index (χ2n) is 6.30. The molecule has 2 atom stereocenters. The molecule has 0 fully saturated rings. The number of hydrazone groups is 1. The number of rotatable bonds is 2. The molecule has 0 amide bonds. The number of fused-ring (bicyclic) bond motifs is 3. The lowest BCUT2D eigenvalue weighted by Gasteiger charge is -2.38. The first-order valence-corrected chi connectivity index (χ1v) is 10.4. The maximum Gasteiger partial charge on any atom is 0.215 e. The minimum Gasteiger partial charge on any atom is -0.464 e. The Hall–Kier alpha value is -1.82. The summed E-state index contributed by atoms with van der Waals surface area (Å²) in [6, 6.07) is 18.3. The van der Waals surface area contributed by atoms with Crippen molar-refractivity contribution in [3.63, 3.8) is 0 Å². The maximum absolute atomic E-state index is 6.48. The molecule has 3 aromatic rings. The molecule has 0 N–H and O–H groups in total. The fourth-order valence-corrected chi connectivity index (χ4v) is 4.86. The van der Waals surface area contributed by atoms with Gasteiger partial charge in [-0.3, -0.25) is 0 Å². The highest BCUT2D eigenvalue weighted by molar-refractivity contribution is 9.10. The van der Waals surface area contributed by atoms with Gasteiger partial charge in [0.25, 0.3) is 0 Å². The summed E-state index contributed by atoms with van der Waals surface area (Å²) in [5, 5.41) is 9.78. The fourth-order valence-electron chi connectivity index (χ4n) is 3.53. The van der Waals surface area contributed by atoms with Gasteiger partial charge in [0, 0.05) is 27.0 Å². The first-order valence-electron chi connectivity index (χ1n) is 8.31. The molecule has 0 unspecified atom stereocenters. The van der Waals surface area contributed by atoms with E-state index in [1.807, 2.05) is 36.4 Å². The molecule has 2 aromatic carbocycles. The highest BCUT2D eigenvalue weighted by Gasteiger charge is 2.41. The molecular weight excluding hydrogens is 432 g/mol. The van der Waals surface area contributed by atoms with Crippen molar-refractivity contribution in [3.05, 3.63) is 85.5 Å². The highest BCUT2D eigenvalue weighted by Crippen LogP contribution is 2.49. The molecule has 3 nitrogen and oxygen atoms in total. The average Bonchev–Trinajstić information content (AvgIpc) is 3.31. The topological polar surface area (TPSA) is 24.8 Å². The van der Waals surface area contributed by atoms with Crippen LogP contribution in [0.15, 0.2) is 69.6 Å². The van der Waals surface area contributed by atoms with E-state index in [9.17, 15) is 0 Å². The quantitative estimate of drug-likeness (QED) is 0.455. The lowest BCUT2D eigenvalue weighted by atomic mass is 9.98. The number of nitrogens with zero attached hydrogens (tertiary/aromatic N) is 2. The summed E-state index contributed by atoms with van der Waals surface area (Å²) in [5.74, 6) is 0.891.